The third kappa shape index (κ3) is 4.27. The molecule has 0 radical (unpaired) electrons. The lowest BCUT2D eigenvalue weighted by molar-refractivity contribution is -0.116. The second-order valence-electron chi connectivity index (χ2n) is 6.62. The van der Waals surface area contributed by atoms with Gasteiger partial charge in [-0.1, -0.05) is 11.3 Å². The van der Waals surface area contributed by atoms with Gasteiger partial charge < -0.3 is 5.32 Å². The molecule has 0 aliphatic carbocycles. The zero-order valence-electron chi connectivity index (χ0n) is 15.8. The van der Waals surface area contributed by atoms with Gasteiger partial charge in [0.05, 0.1) is 18.2 Å². The van der Waals surface area contributed by atoms with Crippen molar-refractivity contribution in [2.75, 3.05) is 5.32 Å². The Labute approximate surface area is 173 Å². The molecule has 31 heavy (non-hydrogen) atoms. The maximum absolute atomic E-state index is 13.4. The van der Waals surface area contributed by atoms with E-state index >= 15 is 0 Å². The molecule has 0 bridgehead atoms. The molecule has 9 nitrogen and oxygen atoms in total. The number of carbonyl (C=O) groups is 1. The van der Waals surface area contributed by atoms with Gasteiger partial charge in [-0.15, -0.1) is 5.10 Å². The van der Waals surface area contributed by atoms with E-state index in [0.717, 1.165) is 22.8 Å². The van der Waals surface area contributed by atoms with Crippen molar-refractivity contribution >= 4 is 22.8 Å². The molecule has 0 unspecified atom stereocenters. The molecule has 0 aliphatic rings. The SMILES string of the molecule is N#Cc1cccc(NC(=O)Cn2cnc3c(nnn3Cc3cc(F)cc(F)c3)c2=O)c1. The maximum atomic E-state index is 13.4. The second kappa shape index (κ2) is 8.11. The van der Waals surface area contributed by atoms with Gasteiger partial charge in [0.1, 0.15) is 24.5 Å². The van der Waals surface area contributed by atoms with Gasteiger partial charge in [-0.2, -0.15) is 5.26 Å². The number of aromatic nitrogens is 5. The Morgan fingerprint density at radius 3 is 2.68 bits per heavy atom. The standard InChI is InChI=1S/C20H13F2N7O2/c21-14-4-13(5-15(22)7-14)9-29-19-18(26-27-29)20(31)28(11-24-19)10-17(30)25-16-3-1-2-12(6-16)8-23/h1-7,11H,9-10H2,(H,25,30). The molecule has 1 N–H and O–H groups in total. The lowest BCUT2D eigenvalue weighted by Gasteiger charge is -2.07. The highest BCUT2D eigenvalue weighted by molar-refractivity contribution is 5.90. The maximum Gasteiger partial charge on any atom is 0.283 e. The van der Waals surface area contributed by atoms with Crippen molar-refractivity contribution in [2.24, 2.45) is 0 Å². The molecular weight excluding hydrogens is 408 g/mol. The molecule has 0 atom stereocenters. The molecule has 0 saturated heterocycles. The molecule has 4 rings (SSSR count). The van der Waals surface area contributed by atoms with Gasteiger partial charge in [0, 0.05) is 11.8 Å². The number of hydrogen-bond acceptors (Lipinski definition) is 6. The fourth-order valence-electron chi connectivity index (χ4n) is 3.00. The lowest BCUT2D eigenvalue weighted by Crippen LogP contribution is -2.28. The van der Waals surface area contributed by atoms with Crippen LogP contribution in [0.15, 0.2) is 53.6 Å². The van der Waals surface area contributed by atoms with Crippen LogP contribution in [0, 0.1) is 23.0 Å². The number of fused-ring (bicyclic) bond motifs is 1. The summed E-state index contributed by atoms with van der Waals surface area (Å²) in [5.74, 6) is -1.97. The number of rotatable bonds is 5. The van der Waals surface area contributed by atoms with Crippen molar-refractivity contribution in [2.45, 2.75) is 13.1 Å². The first-order valence-electron chi connectivity index (χ1n) is 8.96. The quantitative estimate of drug-likeness (QED) is 0.525. The van der Waals surface area contributed by atoms with E-state index in [0.29, 0.717) is 11.3 Å². The van der Waals surface area contributed by atoms with Crippen LogP contribution in [0.3, 0.4) is 0 Å². The van der Waals surface area contributed by atoms with Crippen LogP contribution in [0.25, 0.3) is 11.2 Å². The average Bonchev–Trinajstić information content (AvgIpc) is 3.13. The number of carbonyl (C=O) groups excluding carboxylic acids is 1. The largest absolute Gasteiger partial charge is 0.324 e. The van der Waals surface area contributed by atoms with E-state index < -0.39 is 23.1 Å². The Morgan fingerprint density at radius 2 is 1.94 bits per heavy atom. The molecule has 154 valence electrons. The zero-order chi connectivity index (χ0) is 22.0. The minimum atomic E-state index is -0.735. The number of halogens is 2. The minimum absolute atomic E-state index is 0.0443. The van der Waals surface area contributed by atoms with Gasteiger partial charge in [0.25, 0.3) is 5.56 Å². The van der Waals surface area contributed by atoms with Gasteiger partial charge >= 0.3 is 0 Å². The third-order valence-electron chi connectivity index (χ3n) is 4.34. The predicted molar refractivity (Wildman–Crippen MR) is 105 cm³/mol. The fourth-order valence-corrected chi connectivity index (χ4v) is 3.00. The van der Waals surface area contributed by atoms with Crippen molar-refractivity contribution < 1.29 is 13.6 Å². The Kier molecular flexibility index (Phi) is 5.19. The van der Waals surface area contributed by atoms with Crippen molar-refractivity contribution in [1.29, 1.82) is 5.26 Å². The molecule has 2 aromatic carbocycles. The summed E-state index contributed by atoms with van der Waals surface area (Å²) < 4.78 is 29.1. The van der Waals surface area contributed by atoms with Gasteiger partial charge in [-0.25, -0.2) is 18.4 Å². The normalized spacial score (nSPS) is 10.7. The van der Waals surface area contributed by atoms with Gasteiger partial charge in [-0.3, -0.25) is 14.2 Å². The lowest BCUT2D eigenvalue weighted by atomic mass is 10.2. The van der Waals surface area contributed by atoms with Crippen LogP contribution < -0.4 is 10.9 Å². The topological polar surface area (TPSA) is 118 Å². The van der Waals surface area contributed by atoms with E-state index in [1.807, 2.05) is 6.07 Å². The second-order valence-corrected chi connectivity index (χ2v) is 6.62. The number of nitriles is 1. The number of nitrogens with zero attached hydrogens (tertiary/aromatic N) is 6. The average molecular weight is 421 g/mol. The number of amides is 1. The summed E-state index contributed by atoms with van der Waals surface area (Å²) in [6.45, 7) is -0.377. The molecule has 11 heteroatoms. The van der Waals surface area contributed by atoms with Crippen LogP contribution >= 0.6 is 0 Å². The Hall–Kier alpha value is -4.46. The van der Waals surface area contributed by atoms with Crippen molar-refractivity contribution in [1.82, 2.24) is 24.5 Å². The van der Waals surface area contributed by atoms with Crippen LogP contribution in [0.4, 0.5) is 14.5 Å². The molecule has 0 saturated carbocycles. The van der Waals surface area contributed by atoms with Crippen LogP contribution in [0.2, 0.25) is 0 Å². The van der Waals surface area contributed by atoms with Crippen LogP contribution in [0.1, 0.15) is 11.1 Å². The van der Waals surface area contributed by atoms with Crippen molar-refractivity contribution in [3.63, 3.8) is 0 Å². The predicted octanol–water partition coefficient (Wildman–Crippen LogP) is 1.82. The minimum Gasteiger partial charge on any atom is -0.324 e. The summed E-state index contributed by atoms with van der Waals surface area (Å²) in [5, 5.41) is 19.1. The number of nitrogens with one attached hydrogen (secondary N) is 1. The highest BCUT2D eigenvalue weighted by atomic mass is 19.1. The highest BCUT2D eigenvalue weighted by Crippen LogP contribution is 2.12. The molecule has 1 amide bonds. The van der Waals surface area contributed by atoms with Crippen molar-refractivity contribution in [3.8, 4) is 6.07 Å². The smallest absolute Gasteiger partial charge is 0.283 e. The molecule has 0 fully saturated rings. The molecule has 0 spiro atoms. The fraction of sp³-hybridized carbons (Fsp3) is 0.100. The number of benzene rings is 2. The van der Waals surface area contributed by atoms with Gasteiger partial charge in [0.2, 0.25) is 5.91 Å². The summed E-state index contributed by atoms with van der Waals surface area (Å²) in [5.41, 5.74) is 0.524. The third-order valence-corrected chi connectivity index (χ3v) is 4.34. The van der Waals surface area contributed by atoms with Gasteiger partial charge in [-0.05, 0) is 35.9 Å². The first-order chi connectivity index (χ1) is 14.9. The molecular formula is C20H13F2N7O2. The van der Waals surface area contributed by atoms with Crippen LogP contribution in [0.5, 0.6) is 0 Å². The highest BCUT2D eigenvalue weighted by Gasteiger charge is 2.15. The summed E-state index contributed by atoms with van der Waals surface area (Å²) in [7, 11) is 0. The van der Waals surface area contributed by atoms with E-state index in [1.54, 1.807) is 18.2 Å². The molecule has 2 aromatic heterocycles. The van der Waals surface area contributed by atoms with Crippen LogP contribution in [-0.2, 0) is 17.9 Å². The Bertz CT molecular complexity index is 1380. The summed E-state index contributed by atoms with van der Waals surface area (Å²) in [6.07, 6.45) is 1.17. The molecule has 0 aliphatic heterocycles. The zero-order valence-corrected chi connectivity index (χ0v) is 15.8. The van der Waals surface area contributed by atoms with E-state index in [4.69, 9.17) is 5.26 Å². The van der Waals surface area contributed by atoms with E-state index in [2.05, 4.69) is 20.6 Å². The summed E-state index contributed by atoms with van der Waals surface area (Å²) in [6, 6.07) is 11.3. The van der Waals surface area contributed by atoms with Crippen LogP contribution in [-0.4, -0.2) is 30.5 Å². The monoisotopic (exact) mass is 421 g/mol. The number of hydrogen-bond donors (Lipinski definition) is 1. The Balaban J connectivity index is 1.55. The summed E-state index contributed by atoms with van der Waals surface area (Å²) >= 11 is 0. The van der Waals surface area contributed by atoms with E-state index in [1.165, 1.54) is 17.1 Å². The summed E-state index contributed by atoms with van der Waals surface area (Å²) in [4.78, 5) is 29.1. The number of anilines is 1. The Morgan fingerprint density at radius 1 is 1.16 bits per heavy atom. The molecule has 2 heterocycles. The molecule has 4 aromatic rings. The van der Waals surface area contributed by atoms with E-state index in [-0.39, 0.29) is 29.8 Å². The van der Waals surface area contributed by atoms with E-state index in [9.17, 15) is 18.4 Å². The first kappa shape index (κ1) is 19.8. The first-order valence-corrected chi connectivity index (χ1v) is 8.96. The van der Waals surface area contributed by atoms with Gasteiger partial charge in [0.15, 0.2) is 11.2 Å². The van der Waals surface area contributed by atoms with Crippen molar-refractivity contribution in [3.05, 3.63) is 81.9 Å².